The van der Waals surface area contributed by atoms with Gasteiger partial charge in [-0.3, -0.25) is 28.2 Å². The Balaban J connectivity index is 4.51. The summed E-state index contributed by atoms with van der Waals surface area (Å²) >= 11 is 0. The molecule has 1 unspecified atom stereocenters. The SMILES string of the molecule is CCCCCCCCCCCCCCCCCC(=O)OC[C@H](COP(=O)(O)OCCNC(=O)CCCC(=O)NCC)OC(=O)CCCCCCCCCCCCCCCCC. The molecule has 0 fully saturated rings. The molecule has 0 heterocycles. The number of unbranched alkanes of at least 4 members (excludes halogenated alkanes) is 28. The monoisotopic (exact) mass is 889 g/mol. The van der Waals surface area contributed by atoms with Crippen LogP contribution in [0.3, 0.4) is 0 Å². The van der Waals surface area contributed by atoms with Gasteiger partial charge in [0.2, 0.25) is 11.8 Å². The molecular formula is C48H93N2O10P. The molecule has 0 saturated carbocycles. The number of rotatable bonds is 47. The van der Waals surface area contributed by atoms with Crippen LogP contribution in [0.25, 0.3) is 0 Å². The van der Waals surface area contributed by atoms with Crippen molar-refractivity contribution in [3.63, 3.8) is 0 Å². The van der Waals surface area contributed by atoms with Gasteiger partial charge in [0.05, 0.1) is 13.2 Å². The average molecular weight is 889 g/mol. The highest BCUT2D eigenvalue weighted by molar-refractivity contribution is 7.47. The molecule has 2 atom stereocenters. The number of amides is 2. The fourth-order valence-corrected chi connectivity index (χ4v) is 8.00. The third-order valence-corrected chi connectivity index (χ3v) is 12.0. The van der Waals surface area contributed by atoms with E-state index in [-0.39, 0.29) is 57.3 Å². The topological polar surface area (TPSA) is 167 Å². The second-order valence-corrected chi connectivity index (χ2v) is 18.4. The third-order valence-electron chi connectivity index (χ3n) is 11.0. The summed E-state index contributed by atoms with van der Waals surface area (Å²) in [4.78, 5) is 59.1. The maximum atomic E-state index is 12.8. The van der Waals surface area contributed by atoms with Crippen molar-refractivity contribution in [3.8, 4) is 0 Å². The second kappa shape index (κ2) is 44.6. The van der Waals surface area contributed by atoms with E-state index < -0.39 is 32.5 Å². The number of carbonyl (C=O) groups is 4. The van der Waals surface area contributed by atoms with E-state index in [1.807, 2.05) is 6.92 Å². The van der Waals surface area contributed by atoms with Crippen molar-refractivity contribution in [2.75, 3.05) is 32.9 Å². The van der Waals surface area contributed by atoms with Crippen LogP contribution < -0.4 is 10.6 Å². The van der Waals surface area contributed by atoms with E-state index in [0.29, 0.717) is 25.8 Å². The van der Waals surface area contributed by atoms with Gasteiger partial charge in [-0.2, -0.15) is 0 Å². The van der Waals surface area contributed by atoms with E-state index in [9.17, 15) is 28.6 Å². The van der Waals surface area contributed by atoms with E-state index in [0.717, 1.165) is 38.5 Å². The first-order valence-electron chi connectivity index (χ1n) is 25.1. The van der Waals surface area contributed by atoms with Crippen molar-refractivity contribution < 1.29 is 47.2 Å². The summed E-state index contributed by atoms with van der Waals surface area (Å²) in [5.74, 6) is -1.33. The predicted molar refractivity (Wildman–Crippen MR) is 247 cm³/mol. The lowest BCUT2D eigenvalue weighted by atomic mass is 10.0. The normalized spacial score (nSPS) is 12.8. The van der Waals surface area contributed by atoms with Gasteiger partial charge < -0.3 is 25.0 Å². The molecule has 13 heteroatoms. The van der Waals surface area contributed by atoms with Crippen molar-refractivity contribution in [3.05, 3.63) is 0 Å². The Hall–Kier alpha value is -2.01. The maximum absolute atomic E-state index is 12.8. The van der Waals surface area contributed by atoms with Crippen LogP contribution in [0.1, 0.15) is 245 Å². The van der Waals surface area contributed by atoms with E-state index in [1.54, 1.807) is 0 Å². The molecule has 0 saturated heterocycles. The molecule has 0 aromatic carbocycles. The zero-order chi connectivity index (χ0) is 44.9. The Bertz CT molecular complexity index is 1090. The number of hydrogen-bond donors (Lipinski definition) is 3. The predicted octanol–water partition coefficient (Wildman–Crippen LogP) is 12.5. The standard InChI is InChI=1S/C48H93N2O10P/c1-4-7-9-11-13-15-17-19-21-23-25-27-29-31-33-38-47(53)57-42-44(43-59-61(55,56)58-41-40-50-46(52)37-35-36-45(51)49-6-3)60-48(54)39-34-32-30-28-26-24-22-20-18-16-14-12-10-8-5-2/h44H,4-43H2,1-3H3,(H,49,51)(H,50,52)(H,55,56)/t44-/m1/s1. The number of hydrogen-bond acceptors (Lipinski definition) is 9. The highest BCUT2D eigenvalue weighted by atomic mass is 31.2. The van der Waals surface area contributed by atoms with Crippen molar-refractivity contribution in [1.29, 1.82) is 0 Å². The Morgan fingerprint density at radius 3 is 1.25 bits per heavy atom. The van der Waals surface area contributed by atoms with Crippen LogP contribution in [0.15, 0.2) is 0 Å². The van der Waals surface area contributed by atoms with Crippen LogP contribution in [0, 0.1) is 0 Å². The fraction of sp³-hybridized carbons (Fsp3) is 0.917. The number of phosphoric ester groups is 1. The molecule has 3 N–H and O–H groups in total. The molecule has 0 aliphatic carbocycles. The summed E-state index contributed by atoms with van der Waals surface area (Å²) < 4.78 is 33.7. The number of carbonyl (C=O) groups excluding carboxylic acids is 4. The van der Waals surface area contributed by atoms with Gasteiger partial charge in [-0.15, -0.1) is 0 Å². The molecule has 0 rings (SSSR count). The molecule has 2 amide bonds. The quantitative estimate of drug-likeness (QED) is 0.0304. The van der Waals surface area contributed by atoms with Gasteiger partial charge in [-0.25, -0.2) is 4.57 Å². The first-order chi connectivity index (χ1) is 29.6. The van der Waals surface area contributed by atoms with Gasteiger partial charge in [-0.1, -0.05) is 194 Å². The number of phosphoric acid groups is 1. The molecule has 0 aliphatic rings. The Morgan fingerprint density at radius 2 is 0.836 bits per heavy atom. The van der Waals surface area contributed by atoms with Crippen LogP contribution in [0.5, 0.6) is 0 Å². The van der Waals surface area contributed by atoms with E-state index in [1.165, 1.54) is 141 Å². The van der Waals surface area contributed by atoms with Crippen molar-refractivity contribution in [2.45, 2.75) is 252 Å². The zero-order valence-electron chi connectivity index (χ0n) is 39.4. The van der Waals surface area contributed by atoms with Crippen LogP contribution in [0.4, 0.5) is 0 Å². The van der Waals surface area contributed by atoms with Gasteiger partial charge in [0.25, 0.3) is 0 Å². The van der Waals surface area contributed by atoms with Gasteiger partial charge in [-0.05, 0) is 26.2 Å². The van der Waals surface area contributed by atoms with Gasteiger partial charge in [0.1, 0.15) is 6.61 Å². The van der Waals surface area contributed by atoms with E-state index >= 15 is 0 Å². The Kier molecular flexibility index (Phi) is 43.1. The minimum Gasteiger partial charge on any atom is -0.462 e. The fourth-order valence-electron chi connectivity index (χ4n) is 7.25. The van der Waals surface area contributed by atoms with Gasteiger partial charge in [0, 0.05) is 38.8 Å². The van der Waals surface area contributed by atoms with Crippen LogP contribution in [-0.4, -0.2) is 67.7 Å². The molecule has 360 valence electrons. The first kappa shape index (κ1) is 59.0. The third kappa shape index (κ3) is 44.4. The summed E-state index contributed by atoms with van der Waals surface area (Å²) in [5, 5.41) is 5.25. The molecule has 12 nitrogen and oxygen atoms in total. The molecule has 0 bridgehead atoms. The minimum atomic E-state index is -4.58. The van der Waals surface area contributed by atoms with Gasteiger partial charge in [0.15, 0.2) is 6.10 Å². The summed E-state index contributed by atoms with van der Waals surface area (Å²) in [7, 11) is -4.58. The number of esters is 2. The van der Waals surface area contributed by atoms with Crippen LogP contribution >= 0.6 is 7.82 Å². The Morgan fingerprint density at radius 1 is 0.459 bits per heavy atom. The van der Waals surface area contributed by atoms with Crippen molar-refractivity contribution >= 4 is 31.6 Å². The lowest BCUT2D eigenvalue weighted by Gasteiger charge is -2.20. The summed E-state index contributed by atoms with van der Waals surface area (Å²) in [5.41, 5.74) is 0. The van der Waals surface area contributed by atoms with E-state index in [4.69, 9.17) is 18.5 Å². The average Bonchev–Trinajstić information content (AvgIpc) is 3.23. The minimum absolute atomic E-state index is 0.0392. The smallest absolute Gasteiger partial charge is 0.462 e. The second-order valence-electron chi connectivity index (χ2n) is 16.9. The molecule has 0 spiro atoms. The van der Waals surface area contributed by atoms with Crippen LogP contribution in [-0.2, 0) is 42.3 Å². The van der Waals surface area contributed by atoms with Gasteiger partial charge >= 0.3 is 19.8 Å². The van der Waals surface area contributed by atoms with Crippen LogP contribution in [0.2, 0.25) is 0 Å². The molecular weight excluding hydrogens is 796 g/mol. The lowest BCUT2D eigenvalue weighted by molar-refractivity contribution is -0.161. The summed E-state index contributed by atoms with van der Waals surface area (Å²) in [6.45, 7) is 5.72. The zero-order valence-corrected chi connectivity index (χ0v) is 40.3. The first-order valence-corrected chi connectivity index (χ1v) is 26.6. The molecule has 0 aromatic heterocycles. The van der Waals surface area contributed by atoms with Crippen molar-refractivity contribution in [2.24, 2.45) is 0 Å². The number of ether oxygens (including phenoxy) is 2. The Labute approximate surface area is 372 Å². The summed E-state index contributed by atoms with van der Waals surface area (Å²) in [6, 6.07) is 0. The molecule has 0 aromatic rings. The molecule has 0 aliphatic heterocycles. The largest absolute Gasteiger partial charge is 0.472 e. The maximum Gasteiger partial charge on any atom is 0.472 e. The van der Waals surface area contributed by atoms with Crippen molar-refractivity contribution in [1.82, 2.24) is 10.6 Å². The summed E-state index contributed by atoms with van der Waals surface area (Å²) in [6.07, 6.45) is 36.9. The van der Waals surface area contributed by atoms with E-state index in [2.05, 4.69) is 24.5 Å². The molecule has 61 heavy (non-hydrogen) atoms. The molecule has 0 radical (unpaired) electrons. The lowest BCUT2D eigenvalue weighted by Crippen LogP contribution is -2.30. The number of nitrogens with one attached hydrogen (secondary N) is 2. The highest BCUT2D eigenvalue weighted by Gasteiger charge is 2.26. The highest BCUT2D eigenvalue weighted by Crippen LogP contribution is 2.43.